The van der Waals surface area contributed by atoms with Crippen molar-refractivity contribution in [3.05, 3.63) is 89.5 Å². The van der Waals surface area contributed by atoms with Gasteiger partial charge in [-0.25, -0.2) is 8.78 Å². The van der Waals surface area contributed by atoms with E-state index in [0.29, 0.717) is 37.2 Å². The summed E-state index contributed by atoms with van der Waals surface area (Å²) in [6, 6.07) is 15.7. The summed E-state index contributed by atoms with van der Waals surface area (Å²) in [5.74, 6) is -1.11. The van der Waals surface area contributed by atoms with Crippen LogP contribution < -0.4 is 4.90 Å². The average Bonchev–Trinajstić information content (AvgIpc) is 2.89. The van der Waals surface area contributed by atoms with Gasteiger partial charge >= 0.3 is 6.18 Å². The molecule has 0 bridgehead atoms. The van der Waals surface area contributed by atoms with E-state index in [4.69, 9.17) is 0 Å². The van der Waals surface area contributed by atoms with Crippen LogP contribution in [0.2, 0.25) is 0 Å². The number of alkyl halides is 3. The number of piperazine rings is 1. The summed E-state index contributed by atoms with van der Waals surface area (Å²) in [7, 11) is 0. The van der Waals surface area contributed by atoms with Gasteiger partial charge in [0, 0.05) is 42.0 Å². The molecule has 0 spiro atoms. The minimum Gasteiger partial charge on any atom is -0.348 e. The standard InChI is InChI=1S/C28H23F5N4O/c1-17-16-36(25(38)14-19-6-9-20(15-24(19)30)28(31,32)33)12-13-37(17)27-23-5-3-2-4-22(23)26(34-35-27)18-7-10-21(29)11-8-18/h2-11,15,17H,12-14,16H2,1H3/t17-/m0/s1. The molecular formula is C28H23F5N4O. The molecule has 10 heteroatoms. The van der Waals surface area contributed by atoms with Crippen LogP contribution in [0.25, 0.3) is 22.0 Å². The molecule has 5 rings (SSSR count). The van der Waals surface area contributed by atoms with Crippen LogP contribution in [-0.2, 0) is 17.4 Å². The highest BCUT2D eigenvalue weighted by molar-refractivity contribution is 6.00. The zero-order valence-corrected chi connectivity index (χ0v) is 20.3. The summed E-state index contributed by atoms with van der Waals surface area (Å²) in [4.78, 5) is 16.5. The highest BCUT2D eigenvalue weighted by atomic mass is 19.4. The summed E-state index contributed by atoms with van der Waals surface area (Å²) in [6.07, 6.45) is -4.98. The van der Waals surface area contributed by atoms with Crippen LogP contribution in [0.5, 0.6) is 0 Å². The summed E-state index contributed by atoms with van der Waals surface area (Å²) in [5.41, 5.74) is 0.198. The van der Waals surface area contributed by atoms with Gasteiger partial charge in [-0.2, -0.15) is 13.2 Å². The van der Waals surface area contributed by atoms with Crippen molar-refractivity contribution < 1.29 is 26.7 Å². The molecule has 0 saturated carbocycles. The molecule has 1 atom stereocenters. The van der Waals surface area contributed by atoms with Crippen molar-refractivity contribution in [1.29, 1.82) is 0 Å². The average molecular weight is 527 g/mol. The first-order chi connectivity index (χ1) is 18.1. The minimum absolute atomic E-state index is 0.0775. The van der Waals surface area contributed by atoms with E-state index in [0.717, 1.165) is 28.5 Å². The van der Waals surface area contributed by atoms with E-state index in [1.165, 1.54) is 12.1 Å². The highest BCUT2D eigenvalue weighted by Gasteiger charge is 2.32. The molecule has 0 aliphatic carbocycles. The molecule has 1 amide bonds. The van der Waals surface area contributed by atoms with Gasteiger partial charge in [0.1, 0.15) is 17.3 Å². The Kier molecular flexibility index (Phi) is 6.73. The van der Waals surface area contributed by atoms with Gasteiger partial charge < -0.3 is 9.80 Å². The fraction of sp³-hybridized carbons (Fsp3) is 0.250. The number of aromatic nitrogens is 2. The van der Waals surface area contributed by atoms with Gasteiger partial charge in [0.25, 0.3) is 0 Å². The quantitative estimate of drug-likeness (QED) is 0.312. The van der Waals surface area contributed by atoms with Crippen LogP contribution in [0.1, 0.15) is 18.1 Å². The van der Waals surface area contributed by atoms with Crippen molar-refractivity contribution in [1.82, 2.24) is 15.1 Å². The molecule has 1 aliphatic heterocycles. The number of halogens is 5. The second-order valence-electron chi connectivity index (χ2n) is 9.29. The highest BCUT2D eigenvalue weighted by Crippen LogP contribution is 2.33. The van der Waals surface area contributed by atoms with E-state index in [1.54, 1.807) is 17.0 Å². The van der Waals surface area contributed by atoms with Gasteiger partial charge in [-0.3, -0.25) is 4.79 Å². The first-order valence-electron chi connectivity index (χ1n) is 12.0. The Balaban J connectivity index is 1.34. The second kappa shape index (κ2) is 10.00. The molecule has 196 valence electrons. The smallest absolute Gasteiger partial charge is 0.348 e. The van der Waals surface area contributed by atoms with Crippen LogP contribution in [0.4, 0.5) is 27.8 Å². The normalized spacial score (nSPS) is 16.2. The van der Waals surface area contributed by atoms with Crippen molar-refractivity contribution in [2.24, 2.45) is 0 Å². The monoisotopic (exact) mass is 526 g/mol. The van der Waals surface area contributed by atoms with Crippen LogP contribution in [0.3, 0.4) is 0 Å². The number of carbonyl (C=O) groups excluding carboxylic acids is 1. The fourth-order valence-electron chi connectivity index (χ4n) is 4.76. The van der Waals surface area contributed by atoms with E-state index in [9.17, 15) is 26.7 Å². The summed E-state index contributed by atoms with van der Waals surface area (Å²) in [6.45, 7) is 3.04. The topological polar surface area (TPSA) is 49.3 Å². The number of hydrogen-bond donors (Lipinski definition) is 0. The van der Waals surface area contributed by atoms with Crippen molar-refractivity contribution in [3.63, 3.8) is 0 Å². The van der Waals surface area contributed by atoms with Crippen LogP contribution in [-0.4, -0.2) is 46.7 Å². The molecule has 1 fully saturated rings. The molecule has 5 nitrogen and oxygen atoms in total. The van der Waals surface area contributed by atoms with Gasteiger partial charge in [0.05, 0.1) is 12.0 Å². The van der Waals surface area contributed by atoms with E-state index in [-0.39, 0.29) is 29.8 Å². The fourth-order valence-corrected chi connectivity index (χ4v) is 4.76. The lowest BCUT2D eigenvalue weighted by Crippen LogP contribution is -2.54. The molecule has 0 N–H and O–H groups in total. The first kappa shape index (κ1) is 25.6. The number of fused-ring (bicyclic) bond motifs is 1. The van der Waals surface area contributed by atoms with Crippen molar-refractivity contribution in [2.75, 3.05) is 24.5 Å². The van der Waals surface area contributed by atoms with Crippen molar-refractivity contribution in [3.8, 4) is 11.3 Å². The van der Waals surface area contributed by atoms with Gasteiger partial charge in [0.15, 0.2) is 5.82 Å². The maximum Gasteiger partial charge on any atom is 0.416 e. The predicted molar refractivity (Wildman–Crippen MR) is 133 cm³/mol. The Bertz CT molecular complexity index is 1490. The Morgan fingerprint density at radius 2 is 1.66 bits per heavy atom. The Labute approximate surface area is 215 Å². The molecule has 4 aromatic rings. The Hall–Kier alpha value is -4.08. The SMILES string of the molecule is C[C@H]1CN(C(=O)Cc2ccc(C(F)(F)F)cc2F)CCN1c1nnc(-c2ccc(F)cc2)c2ccccc12. The Morgan fingerprint density at radius 3 is 2.32 bits per heavy atom. The number of anilines is 1. The third-order valence-electron chi connectivity index (χ3n) is 6.76. The van der Waals surface area contributed by atoms with Gasteiger partial charge in [-0.15, -0.1) is 10.2 Å². The van der Waals surface area contributed by atoms with Gasteiger partial charge in [-0.05, 0) is 48.9 Å². The Morgan fingerprint density at radius 1 is 0.947 bits per heavy atom. The molecule has 1 saturated heterocycles. The van der Waals surface area contributed by atoms with E-state index >= 15 is 0 Å². The lowest BCUT2D eigenvalue weighted by molar-refractivity contribution is -0.137. The number of hydrogen-bond acceptors (Lipinski definition) is 4. The van der Waals surface area contributed by atoms with Crippen molar-refractivity contribution >= 4 is 22.5 Å². The lowest BCUT2D eigenvalue weighted by Gasteiger charge is -2.40. The molecule has 2 heterocycles. The minimum atomic E-state index is -4.65. The molecule has 38 heavy (non-hydrogen) atoms. The first-order valence-corrected chi connectivity index (χ1v) is 12.0. The number of benzene rings is 3. The molecule has 3 aromatic carbocycles. The largest absolute Gasteiger partial charge is 0.416 e. The van der Waals surface area contributed by atoms with E-state index in [2.05, 4.69) is 10.2 Å². The summed E-state index contributed by atoms with van der Waals surface area (Å²) < 4.78 is 66.2. The number of carbonyl (C=O) groups is 1. The van der Waals surface area contributed by atoms with Gasteiger partial charge in [-0.1, -0.05) is 30.3 Å². The third kappa shape index (κ3) is 5.03. The summed E-state index contributed by atoms with van der Waals surface area (Å²) in [5, 5.41) is 10.7. The maximum absolute atomic E-state index is 14.3. The maximum atomic E-state index is 14.3. The molecule has 0 radical (unpaired) electrons. The van der Waals surface area contributed by atoms with E-state index in [1.807, 2.05) is 36.1 Å². The van der Waals surface area contributed by atoms with E-state index < -0.39 is 17.6 Å². The lowest BCUT2D eigenvalue weighted by atomic mass is 10.0. The molecular weight excluding hydrogens is 503 g/mol. The number of nitrogens with zero attached hydrogens (tertiary/aromatic N) is 4. The van der Waals surface area contributed by atoms with Crippen LogP contribution in [0.15, 0.2) is 66.7 Å². The predicted octanol–water partition coefficient (Wildman–Crippen LogP) is 5.87. The second-order valence-corrected chi connectivity index (χ2v) is 9.29. The summed E-state index contributed by atoms with van der Waals surface area (Å²) >= 11 is 0. The van der Waals surface area contributed by atoms with Gasteiger partial charge in [0.2, 0.25) is 5.91 Å². The molecule has 1 aliphatic rings. The number of amides is 1. The third-order valence-corrected chi connectivity index (χ3v) is 6.76. The number of rotatable bonds is 4. The van der Waals surface area contributed by atoms with Crippen molar-refractivity contribution in [2.45, 2.75) is 25.6 Å². The van der Waals surface area contributed by atoms with Crippen LogP contribution in [0, 0.1) is 11.6 Å². The molecule has 1 aromatic heterocycles. The molecule has 0 unspecified atom stereocenters. The zero-order chi connectivity index (χ0) is 27.0. The van der Waals surface area contributed by atoms with Crippen LogP contribution >= 0.6 is 0 Å². The zero-order valence-electron chi connectivity index (χ0n) is 20.3.